The predicted molar refractivity (Wildman–Crippen MR) is 111 cm³/mol. The maximum absolute atomic E-state index is 11.8. The Bertz CT molecular complexity index is 600. The van der Waals surface area contributed by atoms with E-state index in [1.54, 1.807) is 0 Å². The minimum atomic E-state index is -0.00546. The van der Waals surface area contributed by atoms with Gasteiger partial charge in [-0.3, -0.25) is 19.3 Å². The second-order valence-corrected chi connectivity index (χ2v) is 7.60. The molecular formula is C23H34N2O3. The van der Waals surface area contributed by atoms with Crippen LogP contribution in [0.4, 0.5) is 0 Å². The van der Waals surface area contributed by atoms with E-state index < -0.39 is 0 Å². The summed E-state index contributed by atoms with van der Waals surface area (Å²) in [7, 11) is 0. The number of rotatable bonds is 14. The average Bonchev–Trinajstić information content (AvgIpc) is 3.02. The molecule has 1 aliphatic rings. The van der Waals surface area contributed by atoms with Gasteiger partial charge in [0, 0.05) is 32.4 Å². The van der Waals surface area contributed by atoms with E-state index in [0.29, 0.717) is 32.4 Å². The highest BCUT2D eigenvalue weighted by atomic mass is 16.2. The van der Waals surface area contributed by atoms with E-state index in [0.717, 1.165) is 38.5 Å². The Balaban J connectivity index is 1.35. The van der Waals surface area contributed by atoms with Crippen molar-refractivity contribution < 1.29 is 14.4 Å². The molecule has 154 valence electrons. The molecule has 3 amide bonds. The highest BCUT2D eigenvalue weighted by molar-refractivity contribution is 6.01. The molecule has 0 spiro atoms. The number of nitrogens with one attached hydrogen (secondary N) is 1. The van der Waals surface area contributed by atoms with Crippen molar-refractivity contribution >= 4 is 17.7 Å². The Labute approximate surface area is 168 Å². The predicted octanol–water partition coefficient (Wildman–Crippen LogP) is 4.01. The molecule has 5 nitrogen and oxygen atoms in total. The normalized spacial score (nSPS) is 13.9. The van der Waals surface area contributed by atoms with Crippen molar-refractivity contribution in [3.63, 3.8) is 0 Å². The van der Waals surface area contributed by atoms with Gasteiger partial charge in [0.15, 0.2) is 0 Å². The second-order valence-electron chi connectivity index (χ2n) is 7.60. The van der Waals surface area contributed by atoms with Crippen LogP contribution in [0, 0.1) is 0 Å². The lowest BCUT2D eigenvalue weighted by Crippen LogP contribution is -2.29. The molecule has 0 atom stereocenters. The summed E-state index contributed by atoms with van der Waals surface area (Å²) in [4.78, 5) is 36.3. The number of likely N-dealkylation sites (tertiary alicyclic amines) is 1. The Hall–Kier alpha value is -2.17. The van der Waals surface area contributed by atoms with Gasteiger partial charge in [0.25, 0.3) is 0 Å². The fourth-order valence-electron chi connectivity index (χ4n) is 3.57. The molecule has 1 saturated heterocycles. The Morgan fingerprint density at radius 2 is 1.39 bits per heavy atom. The highest BCUT2D eigenvalue weighted by Crippen LogP contribution is 2.14. The van der Waals surface area contributed by atoms with Gasteiger partial charge in [0.1, 0.15) is 0 Å². The van der Waals surface area contributed by atoms with Crippen LogP contribution in [-0.2, 0) is 20.8 Å². The molecule has 0 aromatic heterocycles. The Morgan fingerprint density at radius 1 is 0.821 bits per heavy atom. The van der Waals surface area contributed by atoms with Crippen molar-refractivity contribution in [2.45, 2.75) is 77.0 Å². The standard InChI is InChI=1S/C23H34N2O3/c26-21(24-18-17-20-12-8-7-9-13-20)14-10-5-3-1-2-4-6-11-19-25-22(27)15-16-23(25)28/h7-9,12-13H,1-6,10-11,14-19H2,(H,24,26). The molecule has 1 aromatic rings. The summed E-state index contributed by atoms with van der Waals surface area (Å²) in [5.41, 5.74) is 1.25. The smallest absolute Gasteiger partial charge is 0.229 e. The quantitative estimate of drug-likeness (QED) is 0.388. The maximum atomic E-state index is 11.8. The van der Waals surface area contributed by atoms with Crippen LogP contribution in [0.2, 0.25) is 0 Å². The first kappa shape index (κ1) is 22.1. The van der Waals surface area contributed by atoms with Crippen LogP contribution >= 0.6 is 0 Å². The molecule has 0 saturated carbocycles. The van der Waals surface area contributed by atoms with Crippen molar-refractivity contribution in [1.29, 1.82) is 0 Å². The van der Waals surface area contributed by atoms with E-state index in [4.69, 9.17) is 0 Å². The highest BCUT2D eigenvalue weighted by Gasteiger charge is 2.27. The van der Waals surface area contributed by atoms with Crippen molar-refractivity contribution in [2.24, 2.45) is 0 Å². The third-order valence-electron chi connectivity index (χ3n) is 5.27. The number of nitrogens with zero attached hydrogens (tertiary/aromatic N) is 1. The lowest BCUT2D eigenvalue weighted by atomic mass is 10.1. The second kappa shape index (κ2) is 13.1. The van der Waals surface area contributed by atoms with Gasteiger partial charge in [-0.15, -0.1) is 0 Å². The molecule has 0 radical (unpaired) electrons. The third-order valence-corrected chi connectivity index (χ3v) is 5.27. The van der Waals surface area contributed by atoms with E-state index in [9.17, 15) is 14.4 Å². The number of amides is 3. The van der Waals surface area contributed by atoms with Gasteiger partial charge in [-0.2, -0.15) is 0 Å². The molecule has 0 aliphatic carbocycles. The van der Waals surface area contributed by atoms with Crippen molar-refractivity contribution in [1.82, 2.24) is 10.2 Å². The Morgan fingerprint density at radius 3 is 2.04 bits per heavy atom. The summed E-state index contributed by atoms with van der Waals surface area (Å²) in [6, 6.07) is 10.2. The number of carbonyl (C=O) groups is 3. The van der Waals surface area contributed by atoms with Crippen LogP contribution in [0.1, 0.15) is 76.2 Å². The van der Waals surface area contributed by atoms with Crippen LogP contribution in [0.3, 0.4) is 0 Å². The van der Waals surface area contributed by atoms with Crippen LogP contribution in [0.15, 0.2) is 30.3 Å². The Kier molecular flexibility index (Phi) is 10.3. The molecule has 1 aliphatic heterocycles. The first-order chi connectivity index (χ1) is 13.7. The fraction of sp³-hybridized carbons (Fsp3) is 0.609. The van der Waals surface area contributed by atoms with Gasteiger partial charge in [0.2, 0.25) is 17.7 Å². The summed E-state index contributed by atoms with van der Waals surface area (Å²) in [6.45, 7) is 1.30. The first-order valence-electron chi connectivity index (χ1n) is 10.8. The van der Waals surface area contributed by atoms with E-state index in [2.05, 4.69) is 17.4 Å². The van der Waals surface area contributed by atoms with Crippen molar-refractivity contribution in [3.05, 3.63) is 35.9 Å². The largest absolute Gasteiger partial charge is 0.356 e. The lowest BCUT2D eigenvalue weighted by molar-refractivity contribution is -0.138. The van der Waals surface area contributed by atoms with Gasteiger partial charge in [0.05, 0.1) is 0 Å². The van der Waals surface area contributed by atoms with Crippen LogP contribution in [0.25, 0.3) is 0 Å². The summed E-state index contributed by atoms with van der Waals surface area (Å²) in [6.07, 6.45) is 11.0. The minimum absolute atomic E-state index is 0.00546. The molecule has 1 heterocycles. The number of carbonyl (C=O) groups excluding carboxylic acids is 3. The molecule has 1 N–H and O–H groups in total. The maximum Gasteiger partial charge on any atom is 0.229 e. The van der Waals surface area contributed by atoms with Crippen LogP contribution in [-0.4, -0.2) is 35.7 Å². The minimum Gasteiger partial charge on any atom is -0.356 e. The zero-order valence-electron chi connectivity index (χ0n) is 17.0. The first-order valence-corrected chi connectivity index (χ1v) is 10.8. The molecule has 2 rings (SSSR count). The molecular weight excluding hydrogens is 352 g/mol. The monoisotopic (exact) mass is 386 g/mol. The van der Waals surface area contributed by atoms with E-state index in [1.807, 2.05) is 18.2 Å². The van der Waals surface area contributed by atoms with E-state index >= 15 is 0 Å². The van der Waals surface area contributed by atoms with Gasteiger partial charge >= 0.3 is 0 Å². The molecule has 0 unspecified atom stereocenters. The number of unbranched alkanes of at least 4 members (excludes halogenated alkanes) is 7. The average molecular weight is 387 g/mol. The summed E-state index contributed by atoms with van der Waals surface area (Å²) in [5.74, 6) is 0.144. The summed E-state index contributed by atoms with van der Waals surface area (Å²) in [5, 5.41) is 2.99. The van der Waals surface area contributed by atoms with E-state index in [-0.39, 0.29) is 17.7 Å². The van der Waals surface area contributed by atoms with Crippen LogP contribution in [0.5, 0.6) is 0 Å². The van der Waals surface area contributed by atoms with Gasteiger partial charge < -0.3 is 5.32 Å². The molecule has 1 aromatic carbocycles. The SMILES string of the molecule is O=C(CCCCCCCCCCN1C(=O)CCC1=O)NCCc1ccccc1. The van der Waals surface area contributed by atoms with Gasteiger partial charge in [-0.05, 0) is 24.8 Å². The zero-order chi connectivity index (χ0) is 20.0. The van der Waals surface area contributed by atoms with Crippen LogP contribution < -0.4 is 5.32 Å². The van der Waals surface area contributed by atoms with Gasteiger partial charge in [-0.1, -0.05) is 68.9 Å². The molecule has 1 fully saturated rings. The zero-order valence-corrected chi connectivity index (χ0v) is 17.0. The third kappa shape index (κ3) is 8.68. The molecule has 5 heteroatoms. The topological polar surface area (TPSA) is 66.5 Å². The lowest BCUT2D eigenvalue weighted by Gasteiger charge is -2.13. The molecule has 0 bridgehead atoms. The van der Waals surface area contributed by atoms with Crippen molar-refractivity contribution in [3.8, 4) is 0 Å². The number of hydrogen-bond donors (Lipinski definition) is 1. The van der Waals surface area contributed by atoms with Gasteiger partial charge in [-0.25, -0.2) is 0 Å². The number of benzene rings is 1. The van der Waals surface area contributed by atoms with Crippen molar-refractivity contribution in [2.75, 3.05) is 13.1 Å². The number of hydrogen-bond acceptors (Lipinski definition) is 3. The summed E-state index contributed by atoms with van der Waals surface area (Å²) >= 11 is 0. The summed E-state index contributed by atoms with van der Waals surface area (Å²) < 4.78 is 0. The fourth-order valence-corrected chi connectivity index (χ4v) is 3.57. The molecule has 28 heavy (non-hydrogen) atoms. The van der Waals surface area contributed by atoms with E-state index in [1.165, 1.54) is 29.7 Å². The number of imide groups is 1.